The lowest BCUT2D eigenvalue weighted by Crippen LogP contribution is -2.42. The average Bonchev–Trinajstić information content (AvgIpc) is 2.99. The fourth-order valence-corrected chi connectivity index (χ4v) is 3.14. The third-order valence-corrected chi connectivity index (χ3v) is 4.47. The molecule has 0 unspecified atom stereocenters. The van der Waals surface area contributed by atoms with Crippen molar-refractivity contribution < 1.29 is 13.9 Å². The Hall–Kier alpha value is -2.66. The number of furan rings is 1. The molecule has 1 aliphatic rings. The maximum Gasteiger partial charge on any atom is 0.290 e. The van der Waals surface area contributed by atoms with Crippen LogP contribution in [0.25, 0.3) is 11.0 Å². The molecule has 0 radical (unpaired) electrons. The number of benzene rings is 1. The highest BCUT2D eigenvalue weighted by Gasteiger charge is 2.29. The van der Waals surface area contributed by atoms with Gasteiger partial charge < -0.3 is 14.1 Å². The van der Waals surface area contributed by atoms with Gasteiger partial charge in [-0.15, -0.1) is 0 Å². The lowest BCUT2D eigenvalue weighted by atomic mass is 10.1. The fourth-order valence-electron chi connectivity index (χ4n) is 3.14. The highest BCUT2D eigenvalue weighted by molar-refractivity contribution is 5.99. The minimum Gasteiger partial charge on any atom is -0.451 e. The number of ether oxygens (including phenoxy) is 1. The number of pyridine rings is 1. The number of amides is 1. The van der Waals surface area contributed by atoms with E-state index in [1.807, 2.05) is 43.3 Å². The number of para-hydroxylation sites is 1. The number of carbonyl (C=O) groups excluding carboxylic acids is 1. The molecule has 1 amide bonds. The van der Waals surface area contributed by atoms with Gasteiger partial charge in [-0.05, 0) is 30.7 Å². The maximum absolute atomic E-state index is 12.9. The summed E-state index contributed by atoms with van der Waals surface area (Å²) in [6.07, 6.45) is 3.35. The number of morpholine rings is 1. The Morgan fingerprint density at radius 2 is 2.00 bits per heavy atom. The average molecular weight is 322 g/mol. The molecule has 3 heterocycles. The third kappa shape index (κ3) is 2.57. The molecule has 5 nitrogen and oxygen atoms in total. The molecule has 1 fully saturated rings. The summed E-state index contributed by atoms with van der Waals surface area (Å²) in [6, 6.07) is 11.6. The van der Waals surface area contributed by atoms with Crippen molar-refractivity contribution in [1.29, 1.82) is 0 Å². The van der Waals surface area contributed by atoms with Gasteiger partial charge in [0.05, 0.1) is 13.2 Å². The number of hydrogen-bond donors (Lipinski definition) is 0. The molecule has 1 aliphatic heterocycles. The van der Waals surface area contributed by atoms with E-state index < -0.39 is 0 Å². The van der Waals surface area contributed by atoms with Crippen molar-refractivity contribution in [2.24, 2.45) is 0 Å². The summed E-state index contributed by atoms with van der Waals surface area (Å²) in [5.74, 6) is 0.345. The number of nitrogens with zero attached hydrogens (tertiary/aromatic N) is 2. The third-order valence-electron chi connectivity index (χ3n) is 4.47. The van der Waals surface area contributed by atoms with Gasteiger partial charge in [0.1, 0.15) is 11.7 Å². The highest BCUT2D eigenvalue weighted by Crippen LogP contribution is 2.28. The lowest BCUT2D eigenvalue weighted by molar-refractivity contribution is -0.0237. The van der Waals surface area contributed by atoms with Crippen LogP contribution in [-0.2, 0) is 4.74 Å². The Balaban J connectivity index is 1.60. The second kappa shape index (κ2) is 6.09. The summed E-state index contributed by atoms with van der Waals surface area (Å²) in [6.45, 7) is 3.52. The van der Waals surface area contributed by atoms with Crippen molar-refractivity contribution in [3.05, 3.63) is 65.7 Å². The van der Waals surface area contributed by atoms with Gasteiger partial charge >= 0.3 is 0 Å². The summed E-state index contributed by atoms with van der Waals surface area (Å²) >= 11 is 0. The summed E-state index contributed by atoms with van der Waals surface area (Å²) < 4.78 is 11.6. The van der Waals surface area contributed by atoms with Crippen LogP contribution in [0, 0.1) is 6.92 Å². The lowest BCUT2D eigenvalue weighted by Gasteiger charge is -2.32. The van der Waals surface area contributed by atoms with Crippen LogP contribution in [-0.4, -0.2) is 35.5 Å². The van der Waals surface area contributed by atoms with E-state index in [0.29, 0.717) is 25.5 Å². The van der Waals surface area contributed by atoms with Crippen LogP contribution in [0.15, 0.2) is 53.2 Å². The van der Waals surface area contributed by atoms with Gasteiger partial charge in [0.2, 0.25) is 0 Å². The molecule has 0 spiro atoms. The van der Waals surface area contributed by atoms with Gasteiger partial charge in [-0.2, -0.15) is 0 Å². The largest absolute Gasteiger partial charge is 0.451 e. The van der Waals surface area contributed by atoms with Crippen LogP contribution < -0.4 is 0 Å². The predicted octanol–water partition coefficient (Wildman–Crippen LogP) is 3.35. The van der Waals surface area contributed by atoms with Gasteiger partial charge in [-0.25, -0.2) is 0 Å². The molecular formula is C19H18N2O3. The number of fused-ring (bicyclic) bond motifs is 1. The summed E-state index contributed by atoms with van der Waals surface area (Å²) in [5, 5.41) is 0.986. The first kappa shape index (κ1) is 14.9. The fraction of sp³-hybridized carbons (Fsp3) is 0.263. The molecule has 0 N–H and O–H groups in total. The highest BCUT2D eigenvalue weighted by atomic mass is 16.5. The predicted molar refractivity (Wildman–Crippen MR) is 89.8 cm³/mol. The topological polar surface area (TPSA) is 55.6 Å². The van der Waals surface area contributed by atoms with E-state index in [1.165, 1.54) is 0 Å². The minimum absolute atomic E-state index is 0.0777. The standard InChI is InChI=1S/C19H18N2O3/c1-13-15-4-2-3-5-16(15)24-18(13)19(22)21-10-11-23-17(12-21)14-6-8-20-9-7-14/h2-9,17H,10-12H2,1H3/t17-/m0/s1. The Bertz CT molecular complexity index is 873. The van der Waals surface area contributed by atoms with Crippen molar-refractivity contribution in [2.45, 2.75) is 13.0 Å². The van der Waals surface area contributed by atoms with Crippen molar-refractivity contribution in [2.75, 3.05) is 19.7 Å². The molecule has 3 aromatic rings. The van der Waals surface area contributed by atoms with Gasteiger partial charge in [-0.3, -0.25) is 9.78 Å². The minimum atomic E-state index is -0.129. The molecule has 2 aromatic heterocycles. The maximum atomic E-state index is 12.9. The molecule has 122 valence electrons. The van der Waals surface area contributed by atoms with Crippen LogP contribution in [0.3, 0.4) is 0 Å². The van der Waals surface area contributed by atoms with Gasteiger partial charge in [0.15, 0.2) is 5.76 Å². The second-order valence-electron chi connectivity index (χ2n) is 5.94. The van der Waals surface area contributed by atoms with Crippen molar-refractivity contribution in [3.63, 3.8) is 0 Å². The first-order valence-electron chi connectivity index (χ1n) is 8.03. The monoisotopic (exact) mass is 322 g/mol. The van der Waals surface area contributed by atoms with Crippen LogP contribution in [0.1, 0.15) is 27.8 Å². The molecule has 0 bridgehead atoms. The molecule has 4 rings (SSSR count). The second-order valence-corrected chi connectivity index (χ2v) is 5.94. The first-order chi connectivity index (χ1) is 11.7. The number of hydrogen-bond acceptors (Lipinski definition) is 4. The van der Waals surface area contributed by atoms with Crippen molar-refractivity contribution >= 4 is 16.9 Å². The zero-order chi connectivity index (χ0) is 16.5. The molecule has 1 atom stereocenters. The van der Waals surface area contributed by atoms with Crippen molar-refractivity contribution in [1.82, 2.24) is 9.88 Å². The number of aromatic nitrogens is 1. The number of aryl methyl sites for hydroxylation is 1. The van der Waals surface area contributed by atoms with Crippen molar-refractivity contribution in [3.8, 4) is 0 Å². The smallest absolute Gasteiger partial charge is 0.290 e. The van der Waals surface area contributed by atoms with Gasteiger partial charge in [0, 0.05) is 29.9 Å². The molecule has 1 aromatic carbocycles. The van der Waals surface area contributed by atoms with Crippen LogP contribution in [0.2, 0.25) is 0 Å². The van der Waals surface area contributed by atoms with E-state index >= 15 is 0 Å². The van der Waals surface area contributed by atoms with E-state index in [9.17, 15) is 4.79 Å². The number of rotatable bonds is 2. The zero-order valence-electron chi connectivity index (χ0n) is 13.4. The molecule has 24 heavy (non-hydrogen) atoms. The van der Waals surface area contributed by atoms with E-state index in [0.717, 1.165) is 22.1 Å². The quantitative estimate of drug-likeness (QED) is 0.726. The van der Waals surface area contributed by atoms with E-state index in [2.05, 4.69) is 4.98 Å². The van der Waals surface area contributed by atoms with Crippen LogP contribution in [0.4, 0.5) is 0 Å². The van der Waals surface area contributed by atoms with Gasteiger partial charge in [-0.1, -0.05) is 18.2 Å². The molecule has 1 saturated heterocycles. The molecule has 0 aliphatic carbocycles. The Kier molecular flexibility index (Phi) is 3.78. The Morgan fingerprint density at radius 1 is 1.21 bits per heavy atom. The number of carbonyl (C=O) groups is 1. The Labute approximate surface area is 139 Å². The first-order valence-corrected chi connectivity index (χ1v) is 8.03. The summed E-state index contributed by atoms with van der Waals surface area (Å²) in [5.41, 5.74) is 2.67. The van der Waals surface area contributed by atoms with Crippen LogP contribution >= 0.6 is 0 Å². The summed E-state index contributed by atoms with van der Waals surface area (Å²) in [7, 11) is 0. The normalized spacial score (nSPS) is 18.0. The molecule has 5 heteroatoms. The molecule has 0 saturated carbocycles. The van der Waals surface area contributed by atoms with Crippen LogP contribution in [0.5, 0.6) is 0 Å². The summed E-state index contributed by atoms with van der Waals surface area (Å²) in [4.78, 5) is 18.8. The van der Waals surface area contributed by atoms with E-state index in [-0.39, 0.29) is 12.0 Å². The Morgan fingerprint density at radius 3 is 2.79 bits per heavy atom. The van der Waals surface area contributed by atoms with E-state index in [4.69, 9.17) is 9.15 Å². The van der Waals surface area contributed by atoms with Gasteiger partial charge in [0.25, 0.3) is 5.91 Å². The zero-order valence-corrected chi connectivity index (χ0v) is 13.4. The van der Waals surface area contributed by atoms with E-state index in [1.54, 1.807) is 17.3 Å². The molecular weight excluding hydrogens is 304 g/mol. The SMILES string of the molecule is Cc1c(C(=O)N2CCO[C@H](c3ccncc3)C2)oc2ccccc12.